The van der Waals surface area contributed by atoms with Crippen LogP contribution in [0.1, 0.15) is 0 Å². The molecule has 0 radical (unpaired) electrons. The Morgan fingerprint density at radius 3 is 2.71 bits per heavy atom. The summed E-state index contributed by atoms with van der Waals surface area (Å²) >= 11 is 0. The van der Waals surface area contributed by atoms with E-state index >= 15 is 0 Å². The van der Waals surface area contributed by atoms with Gasteiger partial charge in [-0.3, -0.25) is 0 Å². The number of nitrogen functional groups attached to an aromatic ring is 1. The first-order chi connectivity index (χ1) is 3.29. The van der Waals surface area contributed by atoms with Gasteiger partial charge in [-0.1, -0.05) is 0 Å². The smallest absolute Gasteiger partial charge is 0.248 e. The van der Waals surface area contributed by atoms with Crippen molar-refractivity contribution in [3.63, 3.8) is 0 Å². The second-order valence-electron chi connectivity index (χ2n) is 1.45. The quantitative estimate of drug-likeness (QED) is 0.414. The number of nitrogens with zero attached hydrogens (tertiary/aromatic N) is 2. The van der Waals surface area contributed by atoms with Crippen molar-refractivity contribution in [1.29, 1.82) is 0 Å². The van der Waals surface area contributed by atoms with Gasteiger partial charge in [-0.2, -0.15) is 5.10 Å². The lowest BCUT2D eigenvalue weighted by Gasteiger charge is -1.78. The van der Waals surface area contributed by atoms with Gasteiger partial charge in [0.15, 0.2) is 0 Å². The average molecular weight is 94.9 g/mol. The van der Waals surface area contributed by atoms with E-state index < -0.39 is 0 Å². The highest BCUT2D eigenvalue weighted by Gasteiger charge is 1.82. The lowest BCUT2D eigenvalue weighted by Crippen LogP contribution is -1.88. The fourth-order valence-electron chi connectivity index (χ4n) is 0.440. The van der Waals surface area contributed by atoms with E-state index in [4.69, 9.17) is 5.73 Å². The number of hydrogen-bond donors (Lipinski definition) is 1. The number of aromatic nitrogens is 2. The molecular weight excluding hydrogens is 88.9 g/mol. The van der Waals surface area contributed by atoms with Crippen LogP contribution in [0.5, 0.6) is 0 Å². The molecule has 0 unspecified atom stereocenters. The van der Waals surface area contributed by atoms with Gasteiger partial charge in [0.05, 0.1) is 11.9 Å². The molecule has 0 aliphatic carbocycles. The minimum Gasteiger partial charge on any atom is -0.396 e. The van der Waals surface area contributed by atoms with Crippen LogP contribution in [0.15, 0.2) is 12.4 Å². The molecule has 7 heavy (non-hydrogen) atoms. The monoisotopic (exact) mass is 95.1 g/mol. The Balaban J connectivity index is 3.04. The SMILES string of the molecule is Bn1cc(N)cn1. The topological polar surface area (TPSA) is 43.8 Å². The maximum Gasteiger partial charge on any atom is 0.248 e. The van der Waals surface area contributed by atoms with Gasteiger partial charge in [0.1, 0.15) is 0 Å². The Morgan fingerprint density at radius 2 is 2.57 bits per heavy atom. The molecule has 0 aliphatic rings. The largest absolute Gasteiger partial charge is 0.396 e. The number of anilines is 1. The van der Waals surface area contributed by atoms with Gasteiger partial charge < -0.3 is 10.3 Å². The summed E-state index contributed by atoms with van der Waals surface area (Å²) in [6.45, 7) is 0. The van der Waals surface area contributed by atoms with E-state index in [1.165, 1.54) is 0 Å². The summed E-state index contributed by atoms with van der Waals surface area (Å²) in [4.78, 5) is 0. The van der Waals surface area contributed by atoms with Gasteiger partial charge in [0, 0.05) is 6.20 Å². The number of nitrogens with two attached hydrogens (primary N) is 1. The molecule has 3 nitrogen and oxygen atoms in total. The molecule has 0 spiro atoms. The highest BCUT2D eigenvalue weighted by Crippen LogP contribution is 1.92. The molecule has 0 fully saturated rings. The summed E-state index contributed by atoms with van der Waals surface area (Å²) in [5, 5.41) is 3.81. The Kier molecular flexibility index (Phi) is 0.783. The molecule has 2 N–H and O–H groups in total. The first-order valence-corrected chi connectivity index (χ1v) is 2.03. The molecule has 0 aliphatic heterocycles. The molecule has 4 heteroatoms. The van der Waals surface area contributed by atoms with E-state index in [-0.39, 0.29) is 0 Å². The molecule has 0 atom stereocenters. The second-order valence-corrected chi connectivity index (χ2v) is 1.45. The van der Waals surface area contributed by atoms with Gasteiger partial charge in [-0.15, -0.1) is 0 Å². The van der Waals surface area contributed by atoms with E-state index in [9.17, 15) is 0 Å². The third-order valence-corrected chi connectivity index (χ3v) is 0.725. The molecule has 0 amide bonds. The van der Waals surface area contributed by atoms with Crippen LogP contribution in [0.25, 0.3) is 0 Å². The van der Waals surface area contributed by atoms with Crippen molar-refractivity contribution < 1.29 is 0 Å². The molecule has 0 saturated heterocycles. The van der Waals surface area contributed by atoms with Crippen LogP contribution in [0.4, 0.5) is 5.69 Å². The maximum absolute atomic E-state index is 5.30. The van der Waals surface area contributed by atoms with E-state index in [0.717, 1.165) is 0 Å². The highest BCUT2D eigenvalue weighted by atomic mass is 15.2. The Bertz CT molecular complexity index is 142. The van der Waals surface area contributed by atoms with E-state index in [1.807, 2.05) is 7.98 Å². The maximum atomic E-state index is 5.30. The Hall–Kier alpha value is -0.925. The molecule has 1 heterocycles. The van der Waals surface area contributed by atoms with E-state index in [2.05, 4.69) is 5.10 Å². The fraction of sp³-hybridized carbons (Fsp3) is 0. The van der Waals surface area contributed by atoms with E-state index in [0.29, 0.717) is 5.69 Å². The zero-order chi connectivity index (χ0) is 5.28. The first kappa shape index (κ1) is 4.24. The van der Waals surface area contributed by atoms with Crippen LogP contribution in [-0.4, -0.2) is 17.7 Å². The molecule has 36 valence electrons. The molecule has 0 saturated carbocycles. The third kappa shape index (κ3) is 0.736. The predicted molar refractivity (Wildman–Crippen MR) is 30.6 cm³/mol. The Labute approximate surface area is 42.6 Å². The summed E-state index contributed by atoms with van der Waals surface area (Å²) in [6.07, 6.45) is 3.36. The lowest BCUT2D eigenvalue weighted by molar-refractivity contribution is 0.992. The molecule has 1 aromatic heterocycles. The molecule has 1 rings (SSSR count). The van der Waals surface area contributed by atoms with Gasteiger partial charge in [-0.25, -0.2) is 0 Å². The second kappa shape index (κ2) is 1.29. The minimum atomic E-state index is 0.711. The van der Waals surface area contributed by atoms with Gasteiger partial charge >= 0.3 is 0 Å². The lowest BCUT2D eigenvalue weighted by atomic mass is 10.4. The van der Waals surface area contributed by atoms with Crippen molar-refractivity contribution in [2.24, 2.45) is 0 Å². The van der Waals surface area contributed by atoms with Gasteiger partial charge in [-0.05, 0) is 0 Å². The molecular formula is C3H6BN3. The zero-order valence-electron chi connectivity index (χ0n) is 4.13. The number of rotatable bonds is 0. The van der Waals surface area contributed by atoms with Crippen LogP contribution in [0, 0.1) is 0 Å². The van der Waals surface area contributed by atoms with Crippen molar-refractivity contribution in [2.75, 3.05) is 5.73 Å². The third-order valence-electron chi connectivity index (χ3n) is 0.725. The van der Waals surface area contributed by atoms with E-state index in [1.54, 1.807) is 17.0 Å². The zero-order valence-corrected chi connectivity index (χ0v) is 4.13. The van der Waals surface area contributed by atoms with Crippen LogP contribution in [0.3, 0.4) is 0 Å². The summed E-state index contributed by atoms with van der Waals surface area (Å²) in [5.74, 6) is 0. The standard InChI is InChI=1S/C3H6BN3/c4-7-2-3(5)1-6-7/h1-2H,4-5H2. The van der Waals surface area contributed by atoms with Crippen LogP contribution >= 0.6 is 0 Å². The molecule has 1 aromatic rings. The Morgan fingerprint density at radius 1 is 1.86 bits per heavy atom. The normalized spacial score (nSPS) is 9.14. The minimum absolute atomic E-state index is 0.711. The molecule has 0 bridgehead atoms. The van der Waals surface area contributed by atoms with Crippen molar-refractivity contribution in [1.82, 2.24) is 9.69 Å². The first-order valence-electron chi connectivity index (χ1n) is 2.03. The van der Waals surface area contributed by atoms with Crippen molar-refractivity contribution in [2.45, 2.75) is 0 Å². The fourth-order valence-corrected chi connectivity index (χ4v) is 0.440. The van der Waals surface area contributed by atoms with Crippen LogP contribution < -0.4 is 5.73 Å². The van der Waals surface area contributed by atoms with Crippen LogP contribution in [-0.2, 0) is 0 Å². The van der Waals surface area contributed by atoms with Crippen molar-refractivity contribution in [3.8, 4) is 0 Å². The van der Waals surface area contributed by atoms with Crippen molar-refractivity contribution >= 4 is 13.7 Å². The van der Waals surface area contributed by atoms with Crippen molar-refractivity contribution in [3.05, 3.63) is 12.4 Å². The van der Waals surface area contributed by atoms with Gasteiger partial charge in [0.25, 0.3) is 0 Å². The predicted octanol–water partition coefficient (Wildman–Crippen LogP) is -1.14. The summed E-state index contributed by atoms with van der Waals surface area (Å²) < 4.78 is 1.66. The number of hydrogen-bond acceptors (Lipinski definition) is 2. The molecule has 0 aromatic carbocycles. The summed E-state index contributed by atoms with van der Waals surface area (Å²) in [7, 11) is 1.83. The van der Waals surface area contributed by atoms with Crippen LogP contribution in [0.2, 0.25) is 0 Å². The summed E-state index contributed by atoms with van der Waals surface area (Å²) in [5.41, 5.74) is 6.01. The van der Waals surface area contributed by atoms with Gasteiger partial charge in [0.2, 0.25) is 7.98 Å². The highest BCUT2D eigenvalue weighted by molar-refractivity contribution is 6.05. The average Bonchev–Trinajstić information content (AvgIpc) is 1.87. The summed E-state index contributed by atoms with van der Waals surface area (Å²) in [6, 6.07) is 0.